The van der Waals surface area contributed by atoms with E-state index >= 15 is 0 Å². The van der Waals surface area contributed by atoms with Gasteiger partial charge in [0, 0.05) is 12.2 Å². The summed E-state index contributed by atoms with van der Waals surface area (Å²) in [7, 11) is 1.62. The zero-order chi connectivity index (χ0) is 15.2. The number of halogens is 1. The van der Waals surface area contributed by atoms with Gasteiger partial charge in [-0.1, -0.05) is 6.92 Å². The van der Waals surface area contributed by atoms with Crippen LogP contribution >= 0.6 is 0 Å². The third kappa shape index (κ3) is 3.81. The highest BCUT2D eigenvalue weighted by atomic mass is 19.1. The molecule has 2 aromatic rings. The summed E-state index contributed by atoms with van der Waals surface area (Å²) in [6.07, 6.45) is 2.10. The number of ether oxygens (including phenoxy) is 1. The van der Waals surface area contributed by atoms with E-state index in [2.05, 4.69) is 20.6 Å². The summed E-state index contributed by atoms with van der Waals surface area (Å²) in [5.41, 5.74) is 1.70. The van der Waals surface area contributed by atoms with E-state index in [1.165, 1.54) is 0 Å². The highest BCUT2D eigenvalue weighted by Gasteiger charge is 2.08. The van der Waals surface area contributed by atoms with Crippen LogP contribution in [0.1, 0.15) is 18.9 Å². The van der Waals surface area contributed by atoms with Gasteiger partial charge in [0.15, 0.2) is 11.6 Å². The Labute approximate surface area is 123 Å². The van der Waals surface area contributed by atoms with E-state index in [4.69, 9.17) is 4.74 Å². The van der Waals surface area contributed by atoms with Crippen LogP contribution in [-0.2, 0) is 0 Å². The van der Waals surface area contributed by atoms with Crippen LogP contribution in [-0.4, -0.2) is 23.6 Å². The van der Waals surface area contributed by atoms with Crippen LogP contribution in [0.3, 0.4) is 0 Å². The molecule has 0 atom stereocenters. The summed E-state index contributed by atoms with van der Waals surface area (Å²) in [6.45, 7) is 4.71. The van der Waals surface area contributed by atoms with E-state index in [0.29, 0.717) is 5.95 Å². The molecule has 1 heterocycles. The van der Waals surface area contributed by atoms with Crippen LogP contribution in [0.5, 0.6) is 5.75 Å². The van der Waals surface area contributed by atoms with E-state index in [1.54, 1.807) is 7.11 Å². The monoisotopic (exact) mass is 290 g/mol. The first-order valence-electron chi connectivity index (χ1n) is 6.82. The molecule has 2 rings (SSSR count). The molecular weight excluding hydrogens is 271 g/mol. The maximum absolute atomic E-state index is 13.8. The molecule has 0 aliphatic heterocycles. The van der Waals surface area contributed by atoms with E-state index in [1.807, 2.05) is 32.0 Å². The van der Waals surface area contributed by atoms with Crippen molar-refractivity contribution in [2.45, 2.75) is 20.3 Å². The SMILES string of the molecule is CCCNc1ncc(F)c(Nc2ccc(OC)c(C)c2)n1. The van der Waals surface area contributed by atoms with Gasteiger partial charge in [-0.2, -0.15) is 4.98 Å². The molecule has 112 valence electrons. The topological polar surface area (TPSA) is 59.1 Å². The molecule has 1 aromatic heterocycles. The lowest BCUT2D eigenvalue weighted by atomic mass is 10.2. The molecule has 0 fully saturated rings. The fourth-order valence-electron chi connectivity index (χ4n) is 1.87. The lowest BCUT2D eigenvalue weighted by Crippen LogP contribution is -2.07. The standard InChI is InChI=1S/C15H19FN4O/c1-4-7-17-15-18-9-12(16)14(20-15)19-11-5-6-13(21-3)10(2)8-11/h5-6,8-9H,4,7H2,1-3H3,(H2,17,18,19,20). The van der Waals surface area contributed by atoms with Gasteiger partial charge in [-0.25, -0.2) is 9.37 Å². The molecule has 0 aliphatic rings. The zero-order valence-electron chi connectivity index (χ0n) is 12.4. The highest BCUT2D eigenvalue weighted by molar-refractivity contribution is 5.60. The molecule has 0 amide bonds. The number of aryl methyl sites for hydroxylation is 1. The summed E-state index contributed by atoms with van der Waals surface area (Å²) >= 11 is 0. The normalized spacial score (nSPS) is 10.3. The lowest BCUT2D eigenvalue weighted by Gasteiger charge is -2.11. The van der Waals surface area contributed by atoms with Crippen LogP contribution in [0.4, 0.5) is 21.8 Å². The molecule has 6 heteroatoms. The quantitative estimate of drug-likeness (QED) is 0.852. The molecule has 0 bridgehead atoms. The van der Waals surface area contributed by atoms with Gasteiger partial charge in [-0.05, 0) is 37.1 Å². The first-order valence-corrected chi connectivity index (χ1v) is 6.82. The van der Waals surface area contributed by atoms with Crippen molar-refractivity contribution in [1.82, 2.24) is 9.97 Å². The Balaban J connectivity index is 2.20. The Morgan fingerprint density at radius 1 is 1.33 bits per heavy atom. The van der Waals surface area contributed by atoms with Gasteiger partial charge in [0.1, 0.15) is 5.75 Å². The summed E-state index contributed by atoms with van der Waals surface area (Å²) in [5.74, 6) is 0.846. The van der Waals surface area contributed by atoms with Gasteiger partial charge in [-0.3, -0.25) is 0 Å². The van der Waals surface area contributed by atoms with E-state index in [-0.39, 0.29) is 5.82 Å². The average molecular weight is 290 g/mol. The number of rotatable bonds is 6. The Hall–Kier alpha value is -2.37. The molecular formula is C15H19FN4O. The van der Waals surface area contributed by atoms with Gasteiger partial charge in [0.05, 0.1) is 13.3 Å². The van der Waals surface area contributed by atoms with Crippen LogP contribution in [0.2, 0.25) is 0 Å². The number of methoxy groups -OCH3 is 1. The highest BCUT2D eigenvalue weighted by Crippen LogP contribution is 2.24. The number of aromatic nitrogens is 2. The van der Waals surface area contributed by atoms with Crippen LogP contribution < -0.4 is 15.4 Å². The molecule has 0 spiro atoms. The van der Waals surface area contributed by atoms with Crippen molar-refractivity contribution >= 4 is 17.5 Å². The maximum Gasteiger partial charge on any atom is 0.224 e. The fourth-order valence-corrected chi connectivity index (χ4v) is 1.87. The van der Waals surface area contributed by atoms with Crippen LogP contribution in [0, 0.1) is 12.7 Å². The molecule has 1 aromatic carbocycles. The Bertz CT molecular complexity index is 619. The zero-order valence-corrected chi connectivity index (χ0v) is 12.4. The average Bonchev–Trinajstić information content (AvgIpc) is 2.48. The van der Waals surface area contributed by atoms with Crippen LogP contribution in [0.15, 0.2) is 24.4 Å². The molecule has 5 nitrogen and oxygen atoms in total. The molecule has 2 N–H and O–H groups in total. The third-order valence-electron chi connectivity index (χ3n) is 2.93. The Morgan fingerprint density at radius 2 is 2.14 bits per heavy atom. The van der Waals surface area contributed by atoms with Gasteiger partial charge in [-0.15, -0.1) is 0 Å². The second-order valence-electron chi connectivity index (χ2n) is 4.63. The van der Waals surface area contributed by atoms with Gasteiger partial charge < -0.3 is 15.4 Å². The lowest BCUT2D eigenvalue weighted by molar-refractivity contribution is 0.412. The molecule has 21 heavy (non-hydrogen) atoms. The summed E-state index contributed by atoms with van der Waals surface area (Å²) in [5, 5.41) is 5.99. The summed E-state index contributed by atoms with van der Waals surface area (Å²) < 4.78 is 19.0. The number of nitrogens with one attached hydrogen (secondary N) is 2. The summed E-state index contributed by atoms with van der Waals surface area (Å²) in [6, 6.07) is 5.51. The first-order chi connectivity index (χ1) is 10.1. The van der Waals surface area contributed by atoms with Crippen LogP contribution in [0.25, 0.3) is 0 Å². The first kappa shape index (κ1) is 15.0. The molecule has 0 aliphatic carbocycles. The second kappa shape index (κ2) is 6.88. The maximum atomic E-state index is 13.8. The predicted octanol–water partition coefficient (Wildman–Crippen LogP) is 3.50. The minimum atomic E-state index is -0.495. The molecule has 0 saturated carbocycles. The van der Waals surface area contributed by atoms with Crippen molar-refractivity contribution < 1.29 is 9.13 Å². The third-order valence-corrected chi connectivity index (χ3v) is 2.93. The van der Waals surface area contributed by atoms with Crippen molar-refractivity contribution in [1.29, 1.82) is 0 Å². The van der Waals surface area contributed by atoms with Crippen molar-refractivity contribution in [3.63, 3.8) is 0 Å². The number of hydrogen-bond acceptors (Lipinski definition) is 5. The van der Waals surface area contributed by atoms with Crippen molar-refractivity contribution in [3.8, 4) is 5.75 Å². The molecule has 0 unspecified atom stereocenters. The number of benzene rings is 1. The van der Waals surface area contributed by atoms with Crippen molar-refractivity contribution in [3.05, 3.63) is 35.8 Å². The largest absolute Gasteiger partial charge is 0.496 e. The Morgan fingerprint density at radius 3 is 2.81 bits per heavy atom. The van der Waals surface area contributed by atoms with Gasteiger partial charge in [0.2, 0.25) is 5.95 Å². The van der Waals surface area contributed by atoms with Crippen molar-refractivity contribution in [2.75, 3.05) is 24.3 Å². The van der Waals surface area contributed by atoms with Gasteiger partial charge >= 0.3 is 0 Å². The van der Waals surface area contributed by atoms with E-state index in [9.17, 15) is 4.39 Å². The number of anilines is 3. The van der Waals surface area contributed by atoms with Crippen molar-refractivity contribution in [2.24, 2.45) is 0 Å². The molecule has 0 saturated heterocycles. The number of hydrogen-bond donors (Lipinski definition) is 2. The Kier molecular flexibility index (Phi) is 4.92. The minimum Gasteiger partial charge on any atom is -0.496 e. The van der Waals surface area contributed by atoms with Gasteiger partial charge in [0.25, 0.3) is 0 Å². The minimum absolute atomic E-state index is 0.146. The second-order valence-corrected chi connectivity index (χ2v) is 4.63. The van der Waals surface area contributed by atoms with E-state index < -0.39 is 5.82 Å². The smallest absolute Gasteiger partial charge is 0.224 e. The number of nitrogens with zero attached hydrogens (tertiary/aromatic N) is 2. The predicted molar refractivity (Wildman–Crippen MR) is 81.8 cm³/mol. The van der Waals surface area contributed by atoms with E-state index in [0.717, 1.165) is 36.2 Å². The molecule has 0 radical (unpaired) electrons. The summed E-state index contributed by atoms with van der Waals surface area (Å²) in [4.78, 5) is 8.04. The fraction of sp³-hybridized carbons (Fsp3) is 0.333.